The predicted molar refractivity (Wildman–Crippen MR) is 122 cm³/mol. The maximum absolute atomic E-state index is 12.4. The van der Waals surface area contributed by atoms with Crippen LogP contribution in [0, 0.1) is 6.92 Å². The highest BCUT2D eigenvalue weighted by atomic mass is 16.5. The summed E-state index contributed by atoms with van der Waals surface area (Å²) in [6.07, 6.45) is 0.695. The monoisotopic (exact) mass is 419 g/mol. The van der Waals surface area contributed by atoms with Crippen LogP contribution in [0.2, 0.25) is 0 Å². The van der Waals surface area contributed by atoms with Gasteiger partial charge in [0.1, 0.15) is 0 Å². The van der Waals surface area contributed by atoms with Crippen LogP contribution in [0.15, 0.2) is 53.1 Å². The van der Waals surface area contributed by atoms with Gasteiger partial charge in [0.05, 0.1) is 0 Å². The average Bonchev–Trinajstić information content (AvgIpc) is 3.28. The number of nitrogens with one attached hydrogen (secondary N) is 1. The maximum atomic E-state index is 12.4. The summed E-state index contributed by atoms with van der Waals surface area (Å²) in [5.74, 6) is 0.942. The Morgan fingerprint density at radius 2 is 1.87 bits per heavy atom. The minimum atomic E-state index is -0.0665. The van der Waals surface area contributed by atoms with Crippen LogP contribution < -0.4 is 10.2 Å². The van der Waals surface area contributed by atoms with E-state index in [-0.39, 0.29) is 12.3 Å². The Balaban J connectivity index is 1.30. The molecule has 0 saturated carbocycles. The summed E-state index contributed by atoms with van der Waals surface area (Å²) >= 11 is 0. The number of rotatable bonds is 7. The highest BCUT2D eigenvalue weighted by Gasteiger charge is 2.17. The van der Waals surface area contributed by atoms with Crippen molar-refractivity contribution in [2.75, 3.05) is 42.9 Å². The Kier molecular flexibility index (Phi) is 6.62. The summed E-state index contributed by atoms with van der Waals surface area (Å²) in [7, 11) is 0. The molecule has 0 aliphatic carbocycles. The highest BCUT2D eigenvalue weighted by Crippen LogP contribution is 2.25. The van der Waals surface area contributed by atoms with Crippen LogP contribution in [0.1, 0.15) is 24.8 Å². The van der Waals surface area contributed by atoms with Crippen molar-refractivity contribution in [1.29, 1.82) is 0 Å². The first-order chi connectivity index (χ1) is 15.1. The molecular weight excluding hydrogens is 390 g/mol. The third-order valence-corrected chi connectivity index (χ3v) is 5.71. The van der Waals surface area contributed by atoms with Crippen LogP contribution in [0.4, 0.5) is 11.4 Å². The molecule has 0 radical (unpaired) electrons. The zero-order chi connectivity index (χ0) is 21.6. The van der Waals surface area contributed by atoms with E-state index in [0.29, 0.717) is 18.1 Å². The Labute approximate surface area is 183 Å². The quantitative estimate of drug-likeness (QED) is 0.629. The van der Waals surface area contributed by atoms with Crippen molar-refractivity contribution < 1.29 is 9.32 Å². The fourth-order valence-corrected chi connectivity index (χ4v) is 3.90. The molecule has 2 heterocycles. The highest BCUT2D eigenvalue weighted by molar-refractivity contribution is 5.91. The largest absolute Gasteiger partial charge is 0.369 e. The molecule has 3 aromatic rings. The molecule has 4 rings (SSSR count). The average molecular weight is 420 g/mol. The first-order valence-electron chi connectivity index (χ1n) is 10.9. The number of aryl methyl sites for hydroxylation is 2. The second-order valence-electron chi connectivity index (χ2n) is 7.85. The molecule has 0 atom stereocenters. The molecule has 1 amide bonds. The Hall–Kier alpha value is -3.19. The third-order valence-electron chi connectivity index (χ3n) is 5.71. The van der Waals surface area contributed by atoms with Crippen molar-refractivity contribution in [3.63, 3.8) is 0 Å². The summed E-state index contributed by atoms with van der Waals surface area (Å²) in [5.41, 5.74) is 4.13. The summed E-state index contributed by atoms with van der Waals surface area (Å²) in [6, 6.07) is 15.8. The Bertz CT molecular complexity index is 1010. The normalized spacial score (nSPS) is 14.6. The lowest BCUT2D eigenvalue weighted by molar-refractivity contribution is -0.116. The molecule has 1 aliphatic rings. The van der Waals surface area contributed by atoms with Gasteiger partial charge in [0.2, 0.25) is 17.6 Å². The summed E-state index contributed by atoms with van der Waals surface area (Å²) < 4.78 is 5.29. The second kappa shape index (κ2) is 9.75. The van der Waals surface area contributed by atoms with Crippen molar-refractivity contribution in [1.82, 2.24) is 15.0 Å². The van der Waals surface area contributed by atoms with E-state index < -0.39 is 0 Å². The van der Waals surface area contributed by atoms with E-state index in [1.807, 2.05) is 42.5 Å². The number of carbonyl (C=O) groups is 1. The molecule has 1 aliphatic heterocycles. The summed E-state index contributed by atoms with van der Waals surface area (Å²) in [4.78, 5) is 21.7. The smallest absolute Gasteiger partial charge is 0.227 e. The molecule has 1 fully saturated rings. The van der Waals surface area contributed by atoms with Crippen LogP contribution in [-0.4, -0.2) is 53.7 Å². The van der Waals surface area contributed by atoms with Gasteiger partial charge in [-0.3, -0.25) is 4.79 Å². The minimum absolute atomic E-state index is 0.0665. The molecule has 0 bridgehead atoms. The van der Waals surface area contributed by atoms with E-state index in [9.17, 15) is 4.79 Å². The van der Waals surface area contributed by atoms with E-state index in [0.717, 1.165) is 44.0 Å². The number of anilines is 2. The van der Waals surface area contributed by atoms with Crippen molar-refractivity contribution >= 4 is 17.3 Å². The van der Waals surface area contributed by atoms with Gasteiger partial charge < -0.3 is 19.6 Å². The van der Waals surface area contributed by atoms with E-state index in [1.54, 1.807) is 0 Å². The standard InChI is InChI=1S/C24H29N5O2/c1-3-28-13-15-29(16-14-28)21-10-9-20(17-18(21)2)25-22(30)11-12-23-26-24(27-31-23)19-7-5-4-6-8-19/h4-10,17H,3,11-16H2,1-2H3,(H,25,30). The third kappa shape index (κ3) is 5.30. The number of hydrogen-bond donors (Lipinski definition) is 1. The first-order valence-corrected chi connectivity index (χ1v) is 10.9. The summed E-state index contributed by atoms with van der Waals surface area (Å²) in [5, 5.41) is 6.98. The van der Waals surface area contributed by atoms with E-state index in [4.69, 9.17) is 4.52 Å². The number of likely N-dealkylation sites (N-methyl/N-ethyl adjacent to an activating group) is 1. The van der Waals surface area contributed by atoms with Crippen LogP contribution in [-0.2, 0) is 11.2 Å². The van der Waals surface area contributed by atoms with Gasteiger partial charge in [-0.25, -0.2) is 0 Å². The van der Waals surface area contributed by atoms with Crippen LogP contribution in [0.25, 0.3) is 11.4 Å². The fraction of sp³-hybridized carbons (Fsp3) is 0.375. The van der Waals surface area contributed by atoms with E-state index in [1.165, 1.54) is 11.3 Å². The zero-order valence-corrected chi connectivity index (χ0v) is 18.2. The molecule has 2 aromatic carbocycles. The molecule has 1 aromatic heterocycles. The SMILES string of the molecule is CCN1CCN(c2ccc(NC(=O)CCc3nc(-c4ccccc4)no3)cc2C)CC1. The van der Waals surface area contributed by atoms with Crippen LogP contribution in [0.5, 0.6) is 0 Å². The predicted octanol–water partition coefficient (Wildman–Crippen LogP) is 3.76. The lowest BCUT2D eigenvalue weighted by Gasteiger charge is -2.36. The van der Waals surface area contributed by atoms with Gasteiger partial charge in [-0.15, -0.1) is 0 Å². The van der Waals surface area contributed by atoms with Crippen molar-refractivity contribution in [3.8, 4) is 11.4 Å². The van der Waals surface area contributed by atoms with E-state index >= 15 is 0 Å². The van der Waals surface area contributed by atoms with Gasteiger partial charge in [0.25, 0.3) is 0 Å². The first kappa shape index (κ1) is 21.1. The van der Waals surface area contributed by atoms with E-state index in [2.05, 4.69) is 45.2 Å². The van der Waals surface area contributed by atoms with Gasteiger partial charge >= 0.3 is 0 Å². The lowest BCUT2D eigenvalue weighted by Crippen LogP contribution is -2.46. The number of nitrogens with zero attached hydrogens (tertiary/aromatic N) is 4. The molecule has 31 heavy (non-hydrogen) atoms. The number of amides is 1. The summed E-state index contributed by atoms with van der Waals surface area (Å²) in [6.45, 7) is 9.67. The molecule has 0 spiro atoms. The molecule has 162 valence electrons. The van der Waals surface area contributed by atoms with Crippen molar-refractivity contribution in [2.45, 2.75) is 26.7 Å². The fourth-order valence-electron chi connectivity index (χ4n) is 3.90. The molecule has 7 nitrogen and oxygen atoms in total. The minimum Gasteiger partial charge on any atom is -0.369 e. The van der Waals surface area contributed by atoms with Gasteiger partial charge in [-0.2, -0.15) is 4.98 Å². The van der Waals surface area contributed by atoms with Gasteiger partial charge in [0, 0.05) is 56.0 Å². The Morgan fingerprint density at radius 3 is 2.58 bits per heavy atom. The number of aromatic nitrogens is 2. The number of carbonyl (C=O) groups excluding carboxylic acids is 1. The van der Waals surface area contributed by atoms with Gasteiger partial charge in [0.15, 0.2) is 0 Å². The van der Waals surface area contributed by atoms with Crippen molar-refractivity contribution in [3.05, 3.63) is 60.0 Å². The van der Waals surface area contributed by atoms with Crippen LogP contribution >= 0.6 is 0 Å². The lowest BCUT2D eigenvalue weighted by atomic mass is 10.1. The van der Waals surface area contributed by atoms with Gasteiger partial charge in [-0.05, 0) is 37.2 Å². The molecule has 1 saturated heterocycles. The topological polar surface area (TPSA) is 74.5 Å². The number of hydrogen-bond acceptors (Lipinski definition) is 6. The zero-order valence-electron chi connectivity index (χ0n) is 18.2. The molecular formula is C24H29N5O2. The van der Waals surface area contributed by atoms with Crippen LogP contribution in [0.3, 0.4) is 0 Å². The molecule has 7 heteroatoms. The maximum Gasteiger partial charge on any atom is 0.227 e. The van der Waals surface area contributed by atoms with Crippen molar-refractivity contribution in [2.24, 2.45) is 0 Å². The second-order valence-corrected chi connectivity index (χ2v) is 7.85. The number of benzene rings is 2. The Morgan fingerprint density at radius 1 is 1.10 bits per heavy atom. The number of piperazine rings is 1. The van der Waals surface area contributed by atoms with Gasteiger partial charge in [-0.1, -0.05) is 42.4 Å². The molecule has 0 unspecified atom stereocenters. The molecule has 1 N–H and O–H groups in total.